The van der Waals surface area contributed by atoms with Crippen molar-refractivity contribution in [2.75, 3.05) is 11.1 Å². The second-order valence-corrected chi connectivity index (χ2v) is 9.72. The van der Waals surface area contributed by atoms with Crippen LogP contribution in [0, 0.1) is 23.4 Å². The molecule has 1 saturated carbocycles. The van der Waals surface area contributed by atoms with Crippen molar-refractivity contribution in [3.8, 4) is 0 Å². The maximum atomic E-state index is 13.3. The molecule has 0 unspecified atom stereocenters. The summed E-state index contributed by atoms with van der Waals surface area (Å²) >= 11 is 6.05. The third-order valence-corrected chi connectivity index (χ3v) is 7.40. The van der Waals surface area contributed by atoms with Gasteiger partial charge in [-0.15, -0.1) is 0 Å². The van der Waals surface area contributed by atoms with E-state index in [9.17, 15) is 31.5 Å². The SMILES string of the molecule is O=C(Nc1cc(F)c(F)c(F)c1)c1ccc(Cl)c(S(=O)(=O)C[C@H]2CC[C@@H](O)CC2)c1. The maximum Gasteiger partial charge on any atom is 0.255 e. The topological polar surface area (TPSA) is 83.5 Å². The van der Waals surface area contributed by atoms with Crippen LogP contribution in [0.5, 0.6) is 0 Å². The summed E-state index contributed by atoms with van der Waals surface area (Å²) in [7, 11) is -3.82. The van der Waals surface area contributed by atoms with Crippen molar-refractivity contribution < 1.29 is 31.5 Å². The molecule has 30 heavy (non-hydrogen) atoms. The first kappa shape index (κ1) is 22.6. The van der Waals surface area contributed by atoms with Gasteiger partial charge in [0.2, 0.25) is 0 Å². The summed E-state index contributed by atoms with van der Waals surface area (Å²) in [5.74, 6) is -5.74. The minimum absolute atomic E-state index is 0.0544. The van der Waals surface area contributed by atoms with E-state index < -0.39 is 39.3 Å². The average Bonchev–Trinajstić information content (AvgIpc) is 2.67. The molecular weight excluding hydrogens is 443 g/mol. The Hall–Kier alpha value is -2.10. The first-order chi connectivity index (χ1) is 14.1. The number of amides is 1. The molecule has 0 atom stereocenters. The molecule has 0 bridgehead atoms. The van der Waals surface area contributed by atoms with Gasteiger partial charge in [0, 0.05) is 23.4 Å². The molecule has 10 heteroatoms. The van der Waals surface area contributed by atoms with Gasteiger partial charge in [-0.1, -0.05) is 11.6 Å². The molecule has 1 aliphatic rings. The standard InChI is InChI=1S/C20H19ClF3NO4S/c21-15-6-3-12(20(27)25-13-8-16(22)19(24)17(23)9-13)7-18(15)30(28,29)10-11-1-4-14(26)5-2-11/h3,6-9,11,14,26H,1-2,4-5,10H2,(H,25,27)/t11-,14+. The van der Waals surface area contributed by atoms with Crippen molar-refractivity contribution in [1.29, 1.82) is 0 Å². The number of aliphatic hydroxyl groups is 1. The van der Waals surface area contributed by atoms with Crippen molar-refractivity contribution >= 4 is 33.0 Å². The molecule has 162 valence electrons. The quantitative estimate of drug-likeness (QED) is 0.649. The van der Waals surface area contributed by atoms with Crippen LogP contribution in [0.15, 0.2) is 35.2 Å². The van der Waals surface area contributed by atoms with Crippen LogP contribution in [0.2, 0.25) is 5.02 Å². The molecule has 0 radical (unpaired) electrons. The predicted octanol–water partition coefficient (Wildman–Crippen LogP) is 4.33. The summed E-state index contributed by atoms with van der Waals surface area (Å²) < 4.78 is 65.4. The van der Waals surface area contributed by atoms with Crippen molar-refractivity contribution in [1.82, 2.24) is 0 Å². The zero-order valence-corrected chi connectivity index (χ0v) is 17.2. The largest absolute Gasteiger partial charge is 0.393 e. The molecule has 0 aromatic heterocycles. The number of sulfone groups is 1. The van der Waals surface area contributed by atoms with Gasteiger partial charge in [-0.2, -0.15) is 0 Å². The van der Waals surface area contributed by atoms with Crippen molar-refractivity contribution in [2.45, 2.75) is 36.7 Å². The van der Waals surface area contributed by atoms with E-state index in [4.69, 9.17) is 11.6 Å². The van der Waals surface area contributed by atoms with Crippen LogP contribution in [0.25, 0.3) is 0 Å². The van der Waals surface area contributed by atoms with E-state index in [0.29, 0.717) is 37.8 Å². The van der Waals surface area contributed by atoms with Gasteiger partial charge in [0.25, 0.3) is 5.91 Å². The van der Waals surface area contributed by atoms with Gasteiger partial charge in [0.15, 0.2) is 27.3 Å². The van der Waals surface area contributed by atoms with Crippen molar-refractivity contribution in [3.05, 3.63) is 58.4 Å². The van der Waals surface area contributed by atoms with Crippen LogP contribution in [0.1, 0.15) is 36.0 Å². The molecule has 0 aliphatic heterocycles. The number of carbonyl (C=O) groups excluding carboxylic acids is 1. The highest BCUT2D eigenvalue weighted by Crippen LogP contribution is 2.30. The number of benzene rings is 2. The highest BCUT2D eigenvalue weighted by molar-refractivity contribution is 7.91. The Bertz CT molecular complexity index is 1050. The fourth-order valence-electron chi connectivity index (χ4n) is 3.43. The van der Waals surface area contributed by atoms with Crippen molar-refractivity contribution in [2.24, 2.45) is 5.92 Å². The number of nitrogens with one attached hydrogen (secondary N) is 1. The van der Waals surface area contributed by atoms with Gasteiger partial charge in [0.1, 0.15) is 0 Å². The summed E-state index contributed by atoms with van der Waals surface area (Å²) in [5, 5.41) is 11.7. The van der Waals surface area contributed by atoms with Crippen LogP contribution in [-0.2, 0) is 9.84 Å². The van der Waals surface area contributed by atoms with Crippen LogP contribution in [-0.4, -0.2) is 31.3 Å². The lowest BCUT2D eigenvalue weighted by atomic mass is 9.89. The zero-order valence-electron chi connectivity index (χ0n) is 15.7. The molecule has 1 aliphatic carbocycles. The molecule has 1 amide bonds. The van der Waals surface area contributed by atoms with Crippen LogP contribution in [0.4, 0.5) is 18.9 Å². The van der Waals surface area contributed by atoms with Gasteiger partial charge >= 0.3 is 0 Å². The Kier molecular flexibility index (Phi) is 6.74. The second-order valence-electron chi connectivity index (χ2n) is 7.31. The Morgan fingerprint density at radius 1 is 1.07 bits per heavy atom. The number of rotatable bonds is 5. The minimum atomic E-state index is -3.82. The summed E-state index contributed by atoms with van der Waals surface area (Å²) in [6.07, 6.45) is 1.78. The predicted molar refractivity (Wildman–Crippen MR) is 106 cm³/mol. The molecule has 1 fully saturated rings. The summed E-state index contributed by atoms with van der Waals surface area (Å²) in [4.78, 5) is 12.2. The summed E-state index contributed by atoms with van der Waals surface area (Å²) in [6, 6.07) is 4.84. The number of hydrogen-bond donors (Lipinski definition) is 2. The van der Waals surface area contributed by atoms with E-state index in [0.717, 1.165) is 6.07 Å². The molecule has 0 spiro atoms. The fraction of sp³-hybridized carbons (Fsp3) is 0.350. The van der Waals surface area contributed by atoms with E-state index in [1.54, 1.807) is 0 Å². The van der Waals surface area contributed by atoms with E-state index in [2.05, 4.69) is 5.32 Å². The van der Waals surface area contributed by atoms with Crippen LogP contribution >= 0.6 is 11.6 Å². The fourth-order valence-corrected chi connectivity index (χ4v) is 5.70. The third kappa shape index (κ3) is 5.14. The maximum absolute atomic E-state index is 13.3. The van der Waals surface area contributed by atoms with Gasteiger partial charge in [-0.25, -0.2) is 21.6 Å². The molecule has 2 aromatic carbocycles. The van der Waals surface area contributed by atoms with E-state index in [1.165, 1.54) is 12.1 Å². The van der Waals surface area contributed by atoms with Gasteiger partial charge < -0.3 is 10.4 Å². The Balaban J connectivity index is 1.81. The molecule has 0 heterocycles. The highest BCUT2D eigenvalue weighted by atomic mass is 35.5. The van der Waals surface area contributed by atoms with Crippen LogP contribution in [0.3, 0.4) is 0 Å². The molecule has 2 N–H and O–H groups in total. The number of carbonyl (C=O) groups is 1. The number of aliphatic hydroxyl groups excluding tert-OH is 1. The Morgan fingerprint density at radius 2 is 1.67 bits per heavy atom. The number of halogens is 4. The van der Waals surface area contributed by atoms with E-state index in [-0.39, 0.29) is 32.8 Å². The lowest BCUT2D eigenvalue weighted by Gasteiger charge is -2.25. The van der Waals surface area contributed by atoms with Gasteiger partial charge in [0.05, 0.1) is 21.8 Å². The lowest BCUT2D eigenvalue weighted by Crippen LogP contribution is -2.24. The molecular formula is C20H19ClF3NO4S. The minimum Gasteiger partial charge on any atom is -0.393 e. The number of anilines is 1. The molecule has 5 nitrogen and oxygen atoms in total. The summed E-state index contributed by atoms with van der Waals surface area (Å²) in [6.45, 7) is 0. The monoisotopic (exact) mass is 461 g/mol. The smallest absolute Gasteiger partial charge is 0.255 e. The second kappa shape index (κ2) is 8.95. The van der Waals surface area contributed by atoms with Crippen LogP contribution < -0.4 is 5.32 Å². The lowest BCUT2D eigenvalue weighted by molar-refractivity contribution is 0.102. The summed E-state index contributed by atoms with van der Waals surface area (Å²) in [5.41, 5.74) is -0.418. The molecule has 3 rings (SSSR count). The number of hydrogen-bond acceptors (Lipinski definition) is 4. The third-order valence-electron chi connectivity index (χ3n) is 5.04. The first-order valence-corrected chi connectivity index (χ1v) is 11.3. The molecule has 2 aromatic rings. The average molecular weight is 462 g/mol. The van der Waals surface area contributed by atoms with Gasteiger partial charge in [-0.3, -0.25) is 4.79 Å². The Morgan fingerprint density at radius 3 is 2.27 bits per heavy atom. The first-order valence-electron chi connectivity index (χ1n) is 9.23. The van der Waals surface area contributed by atoms with Gasteiger partial charge in [-0.05, 0) is 49.8 Å². The van der Waals surface area contributed by atoms with Crippen molar-refractivity contribution in [3.63, 3.8) is 0 Å². The zero-order chi connectivity index (χ0) is 22.1. The van der Waals surface area contributed by atoms with E-state index in [1.807, 2.05) is 0 Å². The molecule has 0 saturated heterocycles. The van der Waals surface area contributed by atoms with E-state index >= 15 is 0 Å². The normalized spacial score (nSPS) is 19.5. The Labute approximate surface area is 176 Å². The highest BCUT2D eigenvalue weighted by Gasteiger charge is 2.28.